The van der Waals surface area contributed by atoms with Crippen LogP contribution in [-0.2, 0) is 15.7 Å². The molecule has 0 spiro atoms. The molecule has 2 N–H and O–H groups in total. The number of ether oxygens (including phenoxy) is 2. The van der Waals surface area contributed by atoms with Crippen LogP contribution < -0.4 is 15.4 Å². The third-order valence-electron chi connectivity index (χ3n) is 4.52. The Morgan fingerprint density at radius 1 is 1.10 bits per heavy atom. The highest BCUT2D eigenvalue weighted by molar-refractivity contribution is 6.04. The maximum absolute atomic E-state index is 13.6. The van der Waals surface area contributed by atoms with Gasteiger partial charge in [0, 0.05) is 0 Å². The molecule has 2 aromatic rings. The first kappa shape index (κ1) is 21.2. The van der Waals surface area contributed by atoms with E-state index < -0.39 is 29.8 Å². The summed E-state index contributed by atoms with van der Waals surface area (Å²) in [5.74, 6) is -0.297. The quantitative estimate of drug-likeness (QED) is 0.716. The minimum absolute atomic E-state index is 0.0137. The number of amides is 2. The van der Waals surface area contributed by atoms with E-state index in [-0.39, 0.29) is 23.4 Å². The van der Waals surface area contributed by atoms with E-state index in [0.717, 1.165) is 6.07 Å². The van der Waals surface area contributed by atoms with Gasteiger partial charge in [0.2, 0.25) is 0 Å². The lowest BCUT2D eigenvalue weighted by atomic mass is 9.89. The first-order valence-electron chi connectivity index (χ1n) is 9.05. The van der Waals surface area contributed by atoms with Crippen LogP contribution in [-0.4, -0.2) is 25.7 Å². The first-order valence-corrected chi connectivity index (χ1v) is 9.05. The van der Waals surface area contributed by atoms with Crippen LogP contribution in [0.25, 0.3) is 5.70 Å². The molecule has 30 heavy (non-hydrogen) atoms. The van der Waals surface area contributed by atoms with Crippen molar-refractivity contribution in [2.24, 2.45) is 0 Å². The van der Waals surface area contributed by atoms with Gasteiger partial charge in [-0.1, -0.05) is 18.2 Å². The topological polar surface area (TPSA) is 76.7 Å². The SMILES string of the molecule is CCOC(=O)C1=C(c2ccc(OC)cc2)NC(=O)NC1c1ccccc1C(F)(F)F. The van der Waals surface area contributed by atoms with Crippen LogP contribution in [0.3, 0.4) is 0 Å². The summed E-state index contributed by atoms with van der Waals surface area (Å²) in [5, 5.41) is 4.95. The average Bonchev–Trinajstić information content (AvgIpc) is 2.72. The van der Waals surface area contributed by atoms with E-state index in [0.29, 0.717) is 11.3 Å². The Bertz CT molecular complexity index is 984. The summed E-state index contributed by atoms with van der Waals surface area (Å²) < 4.78 is 51.0. The average molecular weight is 420 g/mol. The first-order chi connectivity index (χ1) is 14.3. The molecule has 2 aromatic carbocycles. The number of rotatable bonds is 5. The zero-order valence-electron chi connectivity index (χ0n) is 16.2. The standard InChI is InChI=1S/C21H19F3N2O4/c1-3-30-19(27)16-17(12-8-10-13(29-2)11-9-12)25-20(28)26-18(16)14-6-4-5-7-15(14)21(22,23)24/h4-11,18H,3H2,1-2H3,(H2,25,26,28). The van der Waals surface area contributed by atoms with E-state index in [9.17, 15) is 22.8 Å². The molecule has 1 unspecified atom stereocenters. The zero-order valence-corrected chi connectivity index (χ0v) is 16.2. The van der Waals surface area contributed by atoms with Crippen molar-refractivity contribution < 1.29 is 32.2 Å². The summed E-state index contributed by atoms with van der Waals surface area (Å²) in [6.07, 6.45) is -4.67. The minimum atomic E-state index is -4.67. The number of urea groups is 1. The Morgan fingerprint density at radius 2 is 1.77 bits per heavy atom. The second-order valence-electron chi connectivity index (χ2n) is 6.35. The molecule has 0 fully saturated rings. The molecular weight excluding hydrogens is 401 g/mol. The van der Waals surface area contributed by atoms with Crippen molar-refractivity contribution in [3.8, 4) is 5.75 Å². The van der Waals surface area contributed by atoms with E-state index in [1.165, 1.54) is 25.3 Å². The molecule has 1 atom stereocenters. The van der Waals surface area contributed by atoms with Crippen molar-refractivity contribution in [1.29, 1.82) is 0 Å². The molecule has 0 radical (unpaired) electrons. The van der Waals surface area contributed by atoms with Gasteiger partial charge >= 0.3 is 18.2 Å². The highest BCUT2D eigenvalue weighted by Crippen LogP contribution is 2.39. The third kappa shape index (κ3) is 4.24. The lowest BCUT2D eigenvalue weighted by Crippen LogP contribution is -2.45. The normalized spacial score (nSPS) is 16.6. The summed E-state index contributed by atoms with van der Waals surface area (Å²) in [4.78, 5) is 25.1. The molecule has 0 aromatic heterocycles. The monoisotopic (exact) mass is 420 g/mol. The Balaban J connectivity index is 2.23. The lowest BCUT2D eigenvalue weighted by molar-refractivity contribution is -0.140. The maximum atomic E-state index is 13.6. The molecule has 0 saturated heterocycles. The van der Waals surface area contributed by atoms with Gasteiger partial charge in [-0.25, -0.2) is 9.59 Å². The molecule has 0 bridgehead atoms. The number of methoxy groups -OCH3 is 1. The number of hydrogen-bond donors (Lipinski definition) is 2. The lowest BCUT2D eigenvalue weighted by Gasteiger charge is -2.31. The molecular formula is C21H19F3N2O4. The van der Waals surface area contributed by atoms with Crippen LogP contribution >= 0.6 is 0 Å². The van der Waals surface area contributed by atoms with Gasteiger partial charge < -0.3 is 20.1 Å². The van der Waals surface area contributed by atoms with E-state index >= 15 is 0 Å². The van der Waals surface area contributed by atoms with Crippen LogP contribution in [0.2, 0.25) is 0 Å². The number of carbonyl (C=O) groups excluding carboxylic acids is 2. The fourth-order valence-electron chi connectivity index (χ4n) is 3.22. The van der Waals surface area contributed by atoms with E-state index in [2.05, 4.69) is 10.6 Å². The van der Waals surface area contributed by atoms with Gasteiger partial charge in [0.25, 0.3) is 0 Å². The highest BCUT2D eigenvalue weighted by atomic mass is 19.4. The van der Waals surface area contributed by atoms with Gasteiger partial charge in [0.1, 0.15) is 5.75 Å². The molecule has 1 aliphatic rings. The number of carbonyl (C=O) groups is 2. The summed E-state index contributed by atoms with van der Waals surface area (Å²) in [6, 6.07) is 9.09. The summed E-state index contributed by atoms with van der Waals surface area (Å²) in [6.45, 7) is 1.60. The smallest absolute Gasteiger partial charge is 0.416 e. The largest absolute Gasteiger partial charge is 0.497 e. The second-order valence-corrected chi connectivity index (χ2v) is 6.35. The fourth-order valence-corrected chi connectivity index (χ4v) is 3.22. The van der Waals surface area contributed by atoms with Crippen molar-refractivity contribution in [3.05, 3.63) is 70.8 Å². The Morgan fingerprint density at radius 3 is 2.37 bits per heavy atom. The predicted octanol–water partition coefficient (Wildman–Crippen LogP) is 4.04. The molecule has 0 saturated carbocycles. The van der Waals surface area contributed by atoms with Crippen LogP contribution in [0.1, 0.15) is 29.7 Å². The van der Waals surface area contributed by atoms with Crippen molar-refractivity contribution in [1.82, 2.24) is 10.6 Å². The number of esters is 1. The molecule has 1 heterocycles. The maximum Gasteiger partial charge on any atom is 0.416 e. The summed E-state index contributed by atoms with van der Waals surface area (Å²) in [7, 11) is 1.48. The minimum Gasteiger partial charge on any atom is -0.497 e. The summed E-state index contributed by atoms with van der Waals surface area (Å²) in [5.41, 5.74) is -0.842. The molecule has 158 valence electrons. The van der Waals surface area contributed by atoms with E-state index in [4.69, 9.17) is 9.47 Å². The molecule has 0 aliphatic carbocycles. The van der Waals surface area contributed by atoms with Crippen molar-refractivity contribution in [2.45, 2.75) is 19.1 Å². The van der Waals surface area contributed by atoms with Gasteiger partial charge in [-0.3, -0.25) is 0 Å². The zero-order chi connectivity index (χ0) is 21.9. The van der Waals surface area contributed by atoms with Gasteiger partial charge in [-0.05, 0) is 48.4 Å². The third-order valence-corrected chi connectivity index (χ3v) is 4.52. The number of nitrogens with one attached hydrogen (secondary N) is 2. The van der Waals surface area contributed by atoms with Gasteiger partial charge in [0.15, 0.2) is 0 Å². The molecule has 6 nitrogen and oxygen atoms in total. The Labute approximate surface area is 170 Å². The van der Waals surface area contributed by atoms with Gasteiger partial charge in [0.05, 0.1) is 36.6 Å². The highest BCUT2D eigenvalue weighted by Gasteiger charge is 2.40. The summed E-state index contributed by atoms with van der Waals surface area (Å²) >= 11 is 0. The van der Waals surface area contributed by atoms with Gasteiger partial charge in [-0.15, -0.1) is 0 Å². The van der Waals surface area contributed by atoms with Gasteiger partial charge in [-0.2, -0.15) is 13.2 Å². The van der Waals surface area contributed by atoms with Crippen LogP contribution in [0.4, 0.5) is 18.0 Å². The van der Waals surface area contributed by atoms with Crippen LogP contribution in [0.5, 0.6) is 5.75 Å². The Kier molecular flexibility index (Phi) is 6.00. The van der Waals surface area contributed by atoms with E-state index in [1.54, 1.807) is 31.2 Å². The Hall–Kier alpha value is -3.49. The second kappa shape index (κ2) is 8.48. The predicted molar refractivity (Wildman–Crippen MR) is 102 cm³/mol. The van der Waals surface area contributed by atoms with E-state index in [1.807, 2.05) is 0 Å². The fraction of sp³-hybridized carbons (Fsp3) is 0.238. The number of hydrogen-bond acceptors (Lipinski definition) is 4. The van der Waals surface area contributed by atoms with Crippen molar-refractivity contribution in [2.75, 3.05) is 13.7 Å². The number of alkyl halides is 3. The number of halogens is 3. The van der Waals surface area contributed by atoms with Crippen LogP contribution in [0.15, 0.2) is 54.1 Å². The van der Waals surface area contributed by atoms with Crippen LogP contribution in [0, 0.1) is 0 Å². The van der Waals surface area contributed by atoms with Crippen molar-refractivity contribution in [3.63, 3.8) is 0 Å². The van der Waals surface area contributed by atoms with Crippen molar-refractivity contribution >= 4 is 17.7 Å². The number of benzene rings is 2. The molecule has 1 aliphatic heterocycles. The molecule has 9 heteroatoms. The molecule has 2 amide bonds. The molecule has 3 rings (SSSR count).